The number of hydrogen-bond acceptors (Lipinski definition) is 2. The van der Waals surface area contributed by atoms with Gasteiger partial charge in [-0.15, -0.1) is 0 Å². The van der Waals surface area contributed by atoms with Crippen molar-refractivity contribution in [3.05, 3.63) is 35.9 Å². The highest BCUT2D eigenvalue weighted by molar-refractivity contribution is 5.46. The second kappa shape index (κ2) is 12.0. The molecule has 3 aliphatic rings. The largest absolute Gasteiger partial charge is 0.356 e. The standard InChI is InChI=1S/C18H26.C7H14N2O.C2H5F/c1-14-9-15-11-17(2,3)13-18(10-14,12-15)16-7-5-4-6-8-16;8-6-1-3-7(4-2-6)9-5-10;1-2-3/h4-8,14-15H,9-13H2,1-3H3;5-7H,1-4,8H2,(H,9,10);2H2,1H3. The van der Waals surface area contributed by atoms with Gasteiger partial charge in [-0.25, -0.2) is 0 Å². The van der Waals surface area contributed by atoms with E-state index in [9.17, 15) is 9.18 Å². The normalized spacial score (nSPS) is 33.6. The Kier molecular flexibility index (Phi) is 9.99. The number of benzene rings is 1. The lowest BCUT2D eigenvalue weighted by molar-refractivity contribution is -0.110. The van der Waals surface area contributed by atoms with Crippen LogP contribution in [0.3, 0.4) is 0 Å². The predicted octanol–water partition coefficient (Wildman–Crippen LogP) is 6.16. The van der Waals surface area contributed by atoms with Gasteiger partial charge < -0.3 is 11.1 Å². The smallest absolute Gasteiger partial charge is 0.207 e. The quantitative estimate of drug-likeness (QED) is 0.562. The molecule has 0 spiro atoms. The van der Waals surface area contributed by atoms with E-state index < -0.39 is 0 Å². The average molecular weight is 433 g/mol. The third kappa shape index (κ3) is 7.89. The fourth-order valence-electron chi connectivity index (χ4n) is 6.62. The Morgan fingerprint density at radius 2 is 1.71 bits per heavy atom. The molecule has 0 aliphatic heterocycles. The SMILES string of the molecule is CC1CC2CC(C)(C)CC(c3ccccc3)(C1)C2.CCF.NC1CCC(NC=O)CC1. The van der Waals surface area contributed by atoms with Crippen molar-refractivity contribution in [3.63, 3.8) is 0 Å². The number of nitrogens with two attached hydrogens (primary N) is 1. The highest BCUT2D eigenvalue weighted by Gasteiger charge is 2.48. The molecule has 3 saturated carbocycles. The molecule has 31 heavy (non-hydrogen) atoms. The summed E-state index contributed by atoms with van der Waals surface area (Å²) >= 11 is 0. The van der Waals surface area contributed by atoms with Gasteiger partial charge in [-0.05, 0) is 92.9 Å². The number of rotatable bonds is 3. The van der Waals surface area contributed by atoms with Crippen molar-refractivity contribution < 1.29 is 9.18 Å². The van der Waals surface area contributed by atoms with Crippen LogP contribution in [0.15, 0.2) is 30.3 Å². The maximum Gasteiger partial charge on any atom is 0.207 e. The van der Waals surface area contributed by atoms with Crippen LogP contribution in [-0.2, 0) is 10.2 Å². The van der Waals surface area contributed by atoms with Crippen molar-refractivity contribution in [2.45, 2.75) is 103 Å². The van der Waals surface area contributed by atoms with Crippen molar-refractivity contribution >= 4 is 6.41 Å². The lowest BCUT2D eigenvalue weighted by Crippen LogP contribution is -2.45. The van der Waals surface area contributed by atoms with Crippen molar-refractivity contribution in [3.8, 4) is 0 Å². The zero-order chi connectivity index (χ0) is 22.9. The molecule has 4 rings (SSSR count). The van der Waals surface area contributed by atoms with E-state index in [-0.39, 0.29) is 6.67 Å². The molecule has 3 unspecified atom stereocenters. The van der Waals surface area contributed by atoms with E-state index in [0.717, 1.165) is 43.9 Å². The van der Waals surface area contributed by atoms with Crippen molar-refractivity contribution in [2.24, 2.45) is 23.0 Å². The Bertz CT molecular complexity index is 638. The minimum absolute atomic E-state index is 0.250. The van der Waals surface area contributed by atoms with E-state index >= 15 is 0 Å². The third-order valence-corrected chi connectivity index (χ3v) is 7.27. The molecule has 4 heteroatoms. The van der Waals surface area contributed by atoms with Gasteiger partial charge in [0.1, 0.15) is 0 Å². The van der Waals surface area contributed by atoms with Crippen LogP contribution in [-0.4, -0.2) is 25.2 Å². The van der Waals surface area contributed by atoms with Crippen molar-refractivity contribution in [1.82, 2.24) is 5.32 Å². The second-order valence-electron chi connectivity index (χ2n) is 11.0. The number of amides is 1. The Hall–Kier alpha value is -1.42. The lowest BCUT2D eigenvalue weighted by atomic mass is 9.51. The van der Waals surface area contributed by atoms with Gasteiger partial charge in [-0.2, -0.15) is 0 Å². The minimum atomic E-state index is -0.250. The maximum absolute atomic E-state index is 10.3. The molecular weight excluding hydrogens is 387 g/mol. The number of fused-ring (bicyclic) bond motifs is 2. The summed E-state index contributed by atoms with van der Waals surface area (Å²) in [6.45, 7) is 8.63. The molecule has 2 bridgehead atoms. The summed E-state index contributed by atoms with van der Waals surface area (Å²) in [5.74, 6) is 1.86. The fraction of sp³-hybridized carbons (Fsp3) is 0.741. The van der Waals surface area contributed by atoms with Crippen LogP contribution in [0.25, 0.3) is 0 Å². The van der Waals surface area contributed by atoms with Crippen molar-refractivity contribution in [2.75, 3.05) is 6.67 Å². The zero-order valence-electron chi connectivity index (χ0n) is 20.2. The fourth-order valence-corrected chi connectivity index (χ4v) is 6.62. The Morgan fingerprint density at radius 1 is 1.10 bits per heavy atom. The van der Waals surface area contributed by atoms with Gasteiger partial charge in [0.2, 0.25) is 6.41 Å². The summed E-state index contributed by atoms with van der Waals surface area (Å²) in [7, 11) is 0. The molecule has 0 radical (unpaired) electrons. The van der Waals surface area contributed by atoms with Gasteiger partial charge in [0.05, 0.1) is 6.67 Å². The highest BCUT2D eigenvalue weighted by Crippen LogP contribution is 2.57. The molecule has 3 aliphatic carbocycles. The van der Waals surface area contributed by atoms with Crippen LogP contribution in [0.5, 0.6) is 0 Å². The van der Waals surface area contributed by atoms with Crippen LogP contribution in [0, 0.1) is 17.3 Å². The van der Waals surface area contributed by atoms with Crippen LogP contribution < -0.4 is 11.1 Å². The van der Waals surface area contributed by atoms with E-state index in [1.165, 1.54) is 39.0 Å². The summed E-state index contributed by atoms with van der Waals surface area (Å²) in [4.78, 5) is 10.0. The van der Waals surface area contributed by atoms with Gasteiger partial charge in [0, 0.05) is 12.1 Å². The number of nitrogens with one attached hydrogen (secondary N) is 1. The molecule has 0 heterocycles. The van der Waals surface area contributed by atoms with Gasteiger partial charge >= 0.3 is 0 Å². The predicted molar refractivity (Wildman–Crippen MR) is 129 cm³/mol. The average Bonchev–Trinajstić information content (AvgIpc) is 2.70. The van der Waals surface area contributed by atoms with Gasteiger partial charge in [0.25, 0.3) is 0 Å². The Balaban J connectivity index is 0.000000223. The molecule has 1 aromatic rings. The number of carbonyl (C=O) groups is 1. The first-order valence-corrected chi connectivity index (χ1v) is 12.3. The number of alkyl halides is 1. The molecule has 1 aromatic carbocycles. The van der Waals surface area contributed by atoms with Gasteiger partial charge in [-0.3, -0.25) is 9.18 Å². The highest BCUT2D eigenvalue weighted by atomic mass is 19.1. The number of hydrogen-bond donors (Lipinski definition) is 2. The summed E-state index contributed by atoms with van der Waals surface area (Å²) in [6.07, 6.45) is 12.1. The molecule has 3 N–H and O–H groups in total. The number of halogens is 1. The first-order chi connectivity index (χ1) is 14.7. The summed E-state index contributed by atoms with van der Waals surface area (Å²) < 4.78 is 10.3. The second-order valence-corrected chi connectivity index (χ2v) is 11.0. The first-order valence-electron chi connectivity index (χ1n) is 12.3. The van der Waals surface area contributed by atoms with E-state index in [0.29, 0.717) is 22.9 Å². The molecule has 3 nitrogen and oxygen atoms in total. The zero-order valence-corrected chi connectivity index (χ0v) is 20.2. The Morgan fingerprint density at radius 3 is 2.29 bits per heavy atom. The van der Waals surface area contributed by atoms with Crippen LogP contribution >= 0.6 is 0 Å². The topological polar surface area (TPSA) is 55.1 Å². The number of carbonyl (C=O) groups excluding carboxylic acids is 1. The van der Waals surface area contributed by atoms with Gasteiger partial charge in [0.15, 0.2) is 0 Å². The molecule has 176 valence electrons. The summed E-state index contributed by atoms with van der Waals surface area (Å²) in [6, 6.07) is 12.1. The van der Waals surface area contributed by atoms with Gasteiger partial charge in [-0.1, -0.05) is 51.1 Å². The summed E-state index contributed by atoms with van der Waals surface area (Å²) in [5, 5.41) is 2.77. The van der Waals surface area contributed by atoms with Crippen LogP contribution in [0.2, 0.25) is 0 Å². The molecule has 1 amide bonds. The molecule has 3 atom stereocenters. The molecule has 0 saturated heterocycles. The van der Waals surface area contributed by atoms with Crippen molar-refractivity contribution in [1.29, 1.82) is 0 Å². The first kappa shape index (κ1) is 25.8. The Labute approximate surface area is 189 Å². The van der Waals surface area contributed by atoms with E-state index in [1.54, 1.807) is 5.56 Å². The van der Waals surface area contributed by atoms with Crippen LogP contribution in [0.1, 0.15) is 91.0 Å². The van der Waals surface area contributed by atoms with Crippen LogP contribution in [0.4, 0.5) is 4.39 Å². The molecular formula is C27H45FN2O. The lowest BCUT2D eigenvalue weighted by Gasteiger charge is -2.54. The maximum atomic E-state index is 10.3. The third-order valence-electron chi connectivity index (χ3n) is 7.27. The van der Waals surface area contributed by atoms with E-state index in [4.69, 9.17) is 5.73 Å². The molecule has 0 aromatic heterocycles. The minimum Gasteiger partial charge on any atom is -0.356 e. The molecule has 3 fully saturated rings. The summed E-state index contributed by atoms with van der Waals surface area (Å²) in [5.41, 5.74) is 8.29. The van der Waals surface area contributed by atoms with E-state index in [1.807, 2.05) is 0 Å². The van der Waals surface area contributed by atoms with E-state index in [2.05, 4.69) is 56.4 Å². The monoisotopic (exact) mass is 432 g/mol.